The third kappa shape index (κ3) is 3.25. The summed E-state index contributed by atoms with van der Waals surface area (Å²) in [5.74, 6) is 0. The minimum absolute atomic E-state index is 0.0698. The number of alkyl halides is 1. The van der Waals surface area contributed by atoms with Crippen LogP contribution in [-0.2, 0) is 0 Å². The van der Waals surface area contributed by atoms with Crippen molar-refractivity contribution in [1.82, 2.24) is 0 Å². The summed E-state index contributed by atoms with van der Waals surface area (Å²) in [7, 11) is 0. The van der Waals surface area contributed by atoms with Crippen LogP contribution in [0.5, 0.6) is 0 Å². The molecule has 0 N–H and O–H groups in total. The number of halogens is 4. The van der Waals surface area contributed by atoms with Crippen molar-refractivity contribution in [3.05, 3.63) is 68.1 Å². The number of rotatable bonds is 2. The Morgan fingerprint density at radius 2 is 1.59 bits per heavy atom. The van der Waals surface area contributed by atoms with Gasteiger partial charge in [0, 0.05) is 14.5 Å². The first-order valence-corrected chi connectivity index (χ1v) is 7.39. The standard InChI is InChI=1S/C13H8Br2Cl2/c14-9-3-1-8(2-4-9)13(15)11-6-5-10(16)7-12(11)17/h1-7,13H. The molecule has 2 aromatic carbocycles. The van der Waals surface area contributed by atoms with E-state index in [-0.39, 0.29) is 4.83 Å². The molecule has 88 valence electrons. The van der Waals surface area contributed by atoms with Gasteiger partial charge in [-0.05, 0) is 35.4 Å². The molecule has 1 atom stereocenters. The highest BCUT2D eigenvalue weighted by molar-refractivity contribution is 9.10. The van der Waals surface area contributed by atoms with Gasteiger partial charge in [0.1, 0.15) is 0 Å². The minimum Gasteiger partial charge on any atom is -0.0843 e. The molecule has 4 heteroatoms. The van der Waals surface area contributed by atoms with Crippen LogP contribution in [0.3, 0.4) is 0 Å². The molecule has 0 fully saturated rings. The van der Waals surface area contributed by atoms with Crippen molar-refractivity contribution in [1.29, 1.82) is 0 Å². The Bertz CT molecular complexity index is 523. The predicted octanol–water partition coefficient (Wildman–Crippen LogP) is 6.24. The Balaban J connectivity index is 2.36. The van der Waals surface area contributed by atoms with Gasteiger partial charge in [0.05, 0.1) is 4.83 Å². The predicted molar refractivity (Wildman–Crippen MR) is 81.4 cm³/mol. The van der Waals surface area contributed by atoms with Crippen molar-refractivity contribution in [2.24, 2.45) is 0 Å². The largest absolute Gasteiger partial charge is 0.0843 e. The Morgan fingerprint density at radius 3 is 2.18 bits per heavy atom. The van der Waals surface area contributed by atoms with Crippen molar-refractivity contribution in [2.75, 3.05) is 0 Å². The van der Waals surface area contributed by atoms with Gasteiger partial charge in [-0.3, -0.25) is 0 Å². The fourth-order valence-electron chi connectivity index (χ4n) is 1.52. The maximum atomic E-state index is 6.18. The molecular formula is C13H8Br2Cl2. The normalized spacial score (nSPS) is 12.5. The molecule has 0 saturated heterocycles. The summed E-state index contributed by atoms with van der Waals surface area (Å²) in [6.45, 7) is 0. The molecule has 1 unspecified atom stereocenters. The second-order valence-electron chi connectivity index (χ2n) is 3.58. The van der Waals surface area contributed by atoms with Gasteiger partial charge in [0.2, 0.25) is 0 Å². The Morgan fingerprint density at radius 1 is 0.941 bits per heavy atom. The molecule has 0 radical (unpaired) electrons. The monoisotopic (exact) mass is 392 g/mol. The maximum absolute atomic E-state index is 6.18. The van der Waals surface area contributed by atoms with Crippen LogP contribution >= 0.6 is 55.1 Å². The van der Waals surface area contributed by atoms with E-state index >= 15 is 0 Å². The summed E-state index contributed by atoms with van der Waals surface area (Å²) in [6, 6.07) is 13.7. The van der Waals surface area contributed by atoms with Gasteiger partial charge in [-0.1, -0.05) is 73.3 Å². The van der Waals surface area contributed by atoms with Crippen LogP contribution in [0.1, 0.15) is 16.0 Å². The molecule has 0 aromatic heterocycles. The second kappa shape index (κ2) is 5.75. The van der Waals surface area contributed by atoms with Crippen LogP contribution in [0.25, 0.3) is 0 Å². The average molecular weight is 395 g/mol. The Hall–Kier alpha value is -0.0200. The van der Waals surface area contributed by atoms with Gasteiger partial charge in [-0.15, -0.1) is 0 Å². The lowest BCUT2D eigenvalue weighted by Gasteiger charge is -2.12. The van der Waals surface area contributed by atoms with Crippen molar-refractivity contribution in [3.8, 4) is 0 Å². The minimum atomic E-state index is 0.0698. The highest BCUT2D eigenvalue weighted by Crippen LogP contribution is 2.36. The first-order chi connectivity index (χ1) is 8.08. The third-order valence-electron chi connectivity index (χ3n) is 2.40. The van der Waals surface area contributed by atoms with Crippen molar-refractivity contribution in [2.45, 2.75) is 4.83 Å². The van der Waals surface area contributed by atoms with Crippen LogP contribution in [0.15, 0.2) is 46.9 Å². The van der Waals surface area contributed by atoms with Gasteiger partial charge < -0.3 is 0 Å². The van der Waals surface area contributed by atoms with Gasteiger partial charge in [-0.25, -0.2) is 0 Å². The summed E-state index contributed by atoms with van der Waals surface area (Å²) < 4.78 is 1.06. The SMILES string of the molecule is Clc1ccc(C(Br)c2ccc(Br)cc2)c(Cl)c1. The molecule has 2 aromatic rings. The van der Waals surface area contributed by atoms with E-state index in [1.165, 1.54) is 0 Å². The Kier molecular flexibility index (Phi) is 4.53. The fourth-order valence-corrected chi connectivity index (χ4v) is 3.14. The number of hydrogen-bond acceptors (Lipinski definition) is 0. The zero-order valence-corrected chi connectivity index (χ0v) is 13.3. The summed E-state index contributed by atoms with van der Waals surface area (Å²) >= 11 is 19.1. The molecule has 0 aliphatic carbocycles. The molecule has 0 amide bonds. The maximum Gasteiger partial charge on any atom is 0.0659 e. The van der Waals surface area contributed by atoms with Gasteiger partial charge >= 0.3 is 0 Å². The van der Waals surface area contributed by atoms with Crippen LogP contribution in [-0.4, -0.2) is 0 Å². The van der Waals surface area contributed by atoms with E-state index in [9.17, 15) is 0 Å². The lowest BCUT2D eigenvalue weighted by atomic mass is 10.1. The van der Waals surface area contributed by atoms with E-state index in [1.54, 1.807) is 6.07 Å². The summed E-state index contributed by atoms with van der Waals surface area (Å²) in [4.78, 5) is 0.0698. The quantitative estimate of drug-likeness (QED) is 0.529. The molecule has 0 aliphatic rings. The van der Waals surface area contributed by atoms with E-state index in [1.807, 2.05) is 24.3 Å². The first kappa shape index (κ1) is 13.4. The smallest absolute Gasteiger partial charge is 0.0659 e. The van der Waals surface area contributed by atoms with Gasteiger partial charge in [-0.2, -0.15) is 0 Å². The third-order valence-corrected chi connectivity index (χ3v) is 4.51. The van der Waals surface area contributed by atoms with Crippen molar-refractivity contribution in [3.63, 3.8) is 0 Å². The molecule has 0 aliphatic heterocycles. The molecule has 0 heterocycles. The molecule has 17 heavy (non-hydrogen) atoms. The van der Waals surface area contributed by atoms with E-state index in [0.29, 0.717) is 10.0 Å². The zero-order chi connectivity index (χ0) is 12.4. The summed E-state index contributed by atoms with van der Waals surface area (Å²) in [6.07, 6.45) is 0. The lowest BCUT2D eigenvalue weighted by molar-refractivity contribution is 1.18. The van der Waals surface area contributed by atoms with Crippen molar-refractivity contribution < 1.29 is 0 Å². The topological polar surface area (TPSA) is 0 Å². The van der Waals surface area contributed by atoms with Crippen molar-refractivity contribution >= 4 is 55.1 Å². The van der Waals surface area contributed by atoms with Crippen LogP contribution in [0.2, 0.25) is 10.0 Å². The fraction of sp³-hybridized carbons (Fsp3) is 0.0769. The van der Waals surface area contributed by atoms with E-state index in [4.69, 9.17) is 23.2 Å². The number of hydrogen-bond donors (Lipinski definition) is 0. The highest BCUT2D eigenvalue weighted by Gasteiger charge is 2.13. The highest BCUT2D eigenvalue weighted by atomic mass is 79.9. The zero-order valence-electron chi connectivity index (χ0n) is 8.63. The molecule has 0 bridgehead atoms. The van der Waals surface area contributed by atoms with Crippen LogP contribution < -0.4 is 0 Å². The van der Waals surface area contributed by atoms with Crippen LogP contribution in [0, 0.1) is 0 Å². The van der Waals surface area contributed by atoms with Gasteiger partial charge in [0.15, 0.2) is 0 Å². The van der Waals surface area contributed by atoms with Crippen LogP contribution in [0.4, 0.5) is 0 Å². The van der Waals surface area contributed by atoms with E-state index in [2.05, 4.69) is 44.0 Å². The molecule has 0 spiro atoms. The molecular weight excluding hydrogens is 387 g/mol. The molecule has 2 rings (SSSR count). The van der Waals surface area contributed by atoms with E-state index in [0.717, 1.165) is 15.6 Å². The summed E-state index contributed by atoms with van der Waals surface area (Å²) in [5, 5.41) is 1.32. The van der Waals surface area contributed by atoms with Gasteiger partial charge in [0.25, 0.3) is 0 Å². The van der Waals surface area contributed by atoms with E-state index < -0.39 is 0 Å². The summed E-state index contributed by atoms with van der Waals surface area (Å²) in [5.41, 5.74) is 2.16. The average Bonchev–Trinajstić information content (AvgIpc) is 2.29. The molecule has 0 saturated carbocycles. The number of benzene rings is 2. The Labute approximate surface area is 127 Å². The molecule has 0 nitrogen and oxygen atoms in total. The first-order valence-electron chi connectivity index (χ1n) is 4.92. The second-order valence-corrected chi connectivity index (χ2v) is 6.25. The lowest BCUT2D eigenvalue weighted by Crippen LogP contribution is -1.93.